The number of carbonyl (C=O) groups excluding carboxylic acids is 1. The molecular formula is C14H27BN2O13. The Labute approximate surface area is 171 Å². The molecule has 0 aromatic rings. The molecule has 0 spiro atoms. The predicted octanol–water partition coefficient (Wildman–Crippen LogP) is -3.17. The Morgan fingerprint density at radius 3 is 1.47 bits per heavy atom. The maximum absolute atomic E-state index is 10.6. The molecule has 0 aliphatic heterocycles. The molecule has 15 nitrogen and oxygen atoms in total. The first-order chi connectivity index (χ1) is 13.4. The highest BCUT2D eigenvalue weighted by Gasteiger charge is 2.40. The van der Waals surface area contributed by atoms with E-state index in [2.05, 4.69) is 10.9 Å². The van der Waals surface area contributed by atoms with E-state index < -0.39 is 55.7 Å². The monoisotopic (exact) mass is 442 g/mol. The van der Waals surface area contributed by atoms with E-state index in [4.69, 9.17) is 40.6 Å². The molecule has 0 aliphatic rings. The zero-order valence-electron chi connectivity index (χ0n) is 16.5. The number of hydrogen-bond donors (Lipinski definition) is 10. The second-order valence-electron chi connectivity index (χ2n) is 6.17. The molecule has 0 aromatic heterocycles. The smallest absolute Gasteiger partial charge is 0.481 e. The Balaban J connectivity index is -0.000000412. The molecule has 10 N–H and O–H groups in total. The molecule has 0 aliphatic carbocycles. The molecule has 0 saturated heterocycles. The molecule has 0 fully saturated rings. The van der Waals surface area contributed by atoms with Gasteiger partial charge < -0.3 is 40.6 Å². The lowest BCUT2D eigenvalue weighted by Gasteiger charge is -2.18. The molecule has 0 radical (unpaired) electrons. The van der Waals surface area contributed by atoms with Gasteiger partial charge >= 0.3 is 31.2 Å². The SMILES string of the molecule is CC(=O)NN[C@H](CC(C)C)C(=O)O.O=C(O)CC(O)(CC(=O)O)C(=O)O.OB(O)O. The molecule has 0 unspecified atom stereocenters. The highest BCUT2D eigenvalue weighted by molar-refractivity contribution is 6.30. The largest absolute Gasteiger partial charge is 0.631 e. The van der Waals surface area contributed by atoms with Crippen molar-refractivity contribution in [3.8, 4) is 0 Å². The Hall–Kier alpha value is -2.79. The first-order valence-corrected chi connectivity index (χ1v) is 8.13. The molecule has 1 atom stereocenters. The maximum atomic E-state index is 10.6. The van der Waals surface area contributed by atoms with Crippen molar-refractivity contribution < 1.29 is 64.6 Å². The van der Waals surface area contributed by atoms with Crippen LogP contribution >= 0.6 is 0 Å². The number of nitrogens with one attached hydrogen (secondary N) is 2. The van der Waals surface area contributed by atoms with Gasteiger partial charge in [-0.25, -0.2) is 10.2 Å². The number of amides is 1. The molecular weight excluding hydrogens is 415 g/mol. The van der Waals surface area contributed by atoms with E-state index in [9.17, 15) is 24.0 Å². The summed E-state index contributed by atoms with van der Waals surface area (Å²) < 4.78 is 0. The fourth-order valence-electron chi connectivity index (χ4n) is 1.60. The van der Waals surface area contributed by atoms with Gasteiger partial charge in [-0.05, 0) is 12.3 Å². The minimum absolute atomic E-state index is 0.266. The molecule has 30 heavy (non-hydrogen) atoms. The zero-order valence-corrected chi connectivity index (χ0v) is 16.5. The number of hydrogen-bond acceptors (Lipinski definition) is 10. The van der Waals surface area contributed by atoms with Crippen molar-refractivity contribution in [2.45, 2.75) is 51.7 Å². The summed E-state index contributed by atoms with van der Waals surface area (Å²) >= 11 is 0. The van der Waals surface area contributed by atoms with E-state index in [1.165, 1.54) is 6.92 Å². The van der Waals surface area contributed by atoms with Gasteiger partial charge in [0.15, 0.2) is 5.60 Å². The molecule has 0 heterocycles. The van der Waals surface area contributed by atoms with Gasteiger partial charge in [0, 0.05) is 6.92 Å². The van der Waals surface area contributed by atoms with Gasteiger partial charge in [-0.2, -0.15) is 0 Å². The number of carboxylic acid groups (broad SMARTS) is 4. The number of carboxylic acids is 4. The van der Waals surface area contributed by atoms with Crippen LogP contribution in [0.4, 0.5) is 0 Å². The van der Waals surface area contributed by atoms with Crippen LogP contribution in [0.1, 0.15) is 40.0 Å². The Bertz CT molecular complexity index is 563. The van der Waals surface area contributed by atoms with Crippen molar-refractivity contribution in [2.24, 2.45) is 5.92 Å². The van der Waals surface area contributed by atoms with E-state index in [0.717, 1.165) is 0 Å². The minimum Gasteiger partial charge on any atom is -0.481 e. The van der Waals surface area contributed by atoms with Crippen LogP contribution in [0.2, 0.25) is 0 Å². The lowest BCUT2D eigenvalue weighted by molar-refractivity contribution is -0.170. The lowest BCUT2D eigenvalue weighted by Crippen LogP contribution is -2.47. The van der Waals surface area contributed by atoms with E-state index in [-0.39, 0.29) is 11.8 Å². The van der Waals surface area contributed by atoms with Crippen molar-refractivity contribution in [3.63, 3.8) is 0 Å². The Kier molecular flexibility index (Phi) is 17.1. The quantitative estimate of drug-likeness (QED) is 0.118. The van der Waals surface area contributed by atoms with Crippen molar-refractivity contribution in [2.75, 3.05) is 0 Å². The molecule has 1 amide bonds. The summed E-state index contributed by atoms with van der Waals surface area (Å²) in [7, 11) is -2.17. The van der Waals surface area contributed by atoms with Crippen LogP contribution < -0.4 is 10.9 Å². The lowest BCUT2D eigenvalue weighted by atomic mass is 9.96. The van der Waals surface area contributed by atoms with Crippen LogP contribution in [0.15, 0.2) is 0 Å². The third-order valence-corrected chi connectivity index (χ3v) is 2.71. The van der Waals surface area contributed by atoms with Gasteiger partial charge in [-0.1, -0.05) is 13.8 Å². The summed E-state index contributed by atoms with van der Waals surface area (Å²) in [6.07, 6.45) is -1.81. The predicted molar refractivity (Wildman–Crippen MR) is 97.3 cm³/mol. The van der Waals surface area contributed by atoms with Gasteiger partial charge in [0.1, 0.15) is 6.04 Å². The van der Waals surface area contributed by atoms with Crippen molar-refractivity contribution in [1.29, 1.82) is 0 Å². The van der Waals surface area contributed by atoms with Gasteiger partial charge in [0.05, 0.1) is 12.8 Å². The van der Waals surface area contributed by atoms with Crippen molar-refractivity contribution in [1.82, 2.24) is 10.9 Å². The first-order valence-electron chi connectivity index (χ1n) is 8.13. The summed E-state index contributed by atoms with van der Waals surface area (Å²) in [5.74, 6) is -6.01. The van der Waals surface area contributed by atoms with Crippen molar-refractivity contribution in [3.05, 3.63) is 0 Å². The van der Waals surface area contributed by atoms with E-state index in [0.29, 0.717) is 6.42 Å². The van der Waals surface area contributed by atoms with Crippen LogP contribution in [-0.4, -0.2) is 89.4 Å². The van der Waals surface area contributed by atoms with Gasteiger partial charge in [0.2, 0.25) is 5.91 Å². The van der Waals surface area contributed by atoms with E-state index >= 15 is 0 Å². The Morgan fingerprint density at radius 2 is 1.27 bits per heavy atom. The Morgan fingerprint density at radius 1 is 0.900 bits per heavy atom. The summed E-state index contributed by atoms with van der Waals surface area (Å²) in [6.45, 7) is 5.16. The van der Waals surface area contributed by atoms with E-state index in [1.807, 2.05) is 13.8 Å². The normalized spacial score (nSPS) is 11.1. The zero-order chi connectivity index (χ0) is 24.7. The molecule has 174 valence electrons. The molecule has 0 aromatic carbocycles. The molecule has 0 rings (SSSR count). The summed E-state index contributed by atoms with van der Waals surface area (Å²) in [5.41, 5.74) is 1.98. The fraction of sp³-hybridized carbons (Fsp3) is 0.643. The third kappa shape index (κ3) is 21.5. The molecule has 0 bridgehead atoms. The third-order valence-electron chi connectivity index (χ3n) is 2.71. The number of rotatable bonds is 10. The van der Waals surface area contributed by atoms with Crippen LogP contribution in [0.5, 0.6) is 0 Å². The number of hydrazine groups is 1. The average molecular weight is 442 g/mol. The number of aliphatic carboxylic acids is 4. The van der Waals surface area contributed by atoms with Crippen molar-refractivity contribution >= 4 is 37.1 Å². The minimum atomic E-state index is -2.74. The van der Waals surface area contributed by atoms with E-state index in [1.54, 1.807) is 0 Å². The fourth-order valence-corrected chi connectivity index (χ4v) is 1.60. The van der Waals surface area contributed by atoms with Gasteiger partial charge in [-0.15, -0.1) is 0 Å². The average Bonchev–Trinajstić information content (AvgIpc) is 2.48. The summed E-state index contributed by atoms with van der Waals surface area (Å²) in [6, 6.07) is -0.719. The van der Waals surface area contributed by atoms with Gasteiger partial charge in [0.25, 0.3) is 0 Å². The summed E-state index contributed by atoms with van der Waals surface area (Å²) in [4.78, 5) is 51.6. The number of aliphatic hydroxyl groups is 1. The first kappa shape index (κ1) is 31.9. The van der Waals surface area contributed by atoms with Gasteiger partial charge in [-0.3, -0.25) is 24.6 Å². The number of carbonyl (C=O) groups is 5. The maximum Gasteiger partial charge on any atom is 0.631 e. The van der Waals surface area contributed by atoms with Crippen LogP contribution in [0.25, 0.3) is 0 Å². The van der Waals surface area contributed by atoms with Crippen LogP contribution in [0, 0.1) is 5.92 Å². The molecule has 0 saturated carbocycles. The topological polar surface area (TPSA) is 271 Å². The highest BCUT2D eigenvalue weighted by atomic mass is 16.5. The molecule has 16 heteroatoms. The van der Waals surface area contributed by atoms with Crippen LogP contribution in [-0.2, 0) is 24.0 Å². The second-order valence-corrected chi connectivity index (χ2v) is 6.17. The second kappa shape index (κ2) is 16.1. The standard InChI is InChI=1S/C8H16N2O3.C6H8O7.BH3O3/c1-5(2)4-7(8(12)13)10-9-6(3)11;7-3(8)1-6(13,5(11)12)2-4(9)10;2-1(3)4/h5,7,10H,4H2,1-3H3,(H,9,11)(H,12,13);13H,1-2H2,(H,7,8)(H,9,10)(H,11,12);2-4H/t7-;;/m1../s1. The highest BCUT2D eigenvalue weighted by Crippen LogP contribution is 2.15. The van der Waals surface area contributed by atoms with Crippen LogP contribution in [0.3, 0.4) is 0 Å². The summed E-state index contributed by atoms with van der Waals surface area (Å²) in [5, 5.41) is 64.0.